The maximum atomic E-state index is 11.9. The highest BCUT2D eigenvalue weighted by Gasteiger charge is 2.30. The molecule has 0 saturated carbocycles. The predicted molar refractivity (Wildman–Crippen MR) is 68.8 cm³/mol. The Kier molecular flexibility index (Phi) is 4.09. The Hall–Kier alpha value is -2.28. The number of benzene rings is 1. The number of carbonyl (C=O) groups is 2. The van der Waals surface area contributed by atoms with Crippen molar-refractivity contribution >= 4 is 17.6 Å². The lowest BCUT2D eigenvalue weighted by molar-refractivity contribution is -0.140. The number of anilines is 1. The van der Waals surface area contributed by atoms with E-state index in [-0.39, 0.29) is 25.7 Å². The Morgan fingerprint density at radius 2 is 2.20 bits per heavy atom. The summed E-state index contributed by atoms with van der Waals surface area (Å²) >= 11 is 0. The van der Waals surface area contributed by atoms with E-state index in [1.165, 1.54) is 19.1 Å². The van der Waals surface area contributed by atoms with Crippen molar-refractivity contribution in [2.75, 3.05) is 32.3 Å². The fraction of sp³-hybridized carbons (Fsp3) is 0.385. The molecular weight excluding hydrogens is 266 g/mol. The van der Waals surface area contributed by atoms with Gasteiger partial charge in [-0.15, -0.1) is 0 Å². The number of hydrogen-bond donors (Lipinski definition) is 1. The van der Waals surface area contributed by atoms with E-state index in [0.717, 1.165) is 0 Å². The Bertz CT molecular complexity index is 542. The predicted octanol–water partition coefficient (Wildman–Crippen LogP) is 0.0859. The number of aliphatic hydroxyl groups excluding tert-OH is 1. The molecule has 0 fully saturated rings. The highest BCUT2D eigenvalue weighted by molar-refractivity contribution is 6.02. The van der Waals surface area contributed by atoms with E-state index >= 15 is 0 Å². The minimum atomic E-state index is -0.542. The normalized spacial score (nSPS) is 13.6. The van der Waals surface area contributed by atoms with Crippen LogP contribution in [0.25, 0.3) is 0 Å². The van der Waals surface area contributed by atoms with Crippen molar-refractivity contribution in [2.24, 2.45) is 0 Å². The molecule has 0 atom stereocenters. The average molecular weight is 281 g/mol. The molecule has 1 N–H and O–H groups in total. The van der Waals surface area contributed by atoms with Crippen molar-refractivity contribution in [1.82, 2.24) is 0 Å². The second-order valence-electron chi connectivity index (χ2n) is 4.15. The van der Waals surface area contributed by atoms with Crippen molar-refractivity contribution in [3.8, 4) is 11.5 Å². The molecule has 1 aromatic rings. The maximum Gasteiger partial charge on any atom is 0.325 e. The van der Waals surface area contributed by atoms with Gasteiger partial charge in [-0.2, -0.15) is 0 Å². The number of carbonyl (C=O) groups excluding carboxylic acids is 2. The first kappa shape index (κ1) is 14.1. The lowest BCUT2D eigenvalue weighted by Crippen LogP contribution is -2.42. The molecule has 1 aliphatic rings. The quantitative estimate of drug-likeness (QED) is 0.787. The van der Waals surface area contributed by atoms with Gasteiger partial charge in [0.1, 0.15) is 6.54 Å². The van der Waals surface area contributed by atoms with Crippen LogP contribution in [0.5, 0.6) is 11.5 Å². The third-order valence-electron chi connectivity index (χ3n) is 2.94. The van der Waals surface area contributed by atoms with Crippen molar-refractivity contribution in [1.29, 1.82) is 0 Å². The van der Waals surface area contributed by atoms with Gasteiger partial charge < -0.3 is 19.3 Å². The number of rotatable bonds is 4. The molecule has 0 aromatic heterocycles. The molecule has 0 unspecified atom stereocenters. The summed E-state index contributed by atoms with van der Waals surface area (Å²) in [5.74, 6) is -0.137. The van der Waals surface area contributed by atoms with Crippen LogP contribution in [0.4, 0.5) is 5.69 Å². The van der Waals surface area contributed by atoms with Gasteiger partial charge in [-0.05, 0) is 17.7 Å². The van der Waals surface area contributed by atoms with Crippen LogP contribution in [0.15, 0.2) is 12.1 Å². The molecule has 2 rings (SSSR count). The van der Waals surface area contributed by atoms with Crippen molar-refractivity contribution < 1.29 is 28.9 Å². The van der Waals surface area contributed by atoms with E-state index in [9.17, 15) is 14.7 Å². The Morgan fingerprint density at radius 3 is 2.80 bits per heavy atom. The minimum Gasteiger partial charge on any atom is -0.493 e. The summed E-state index contributed by atoms with van der Waals surface area (Å²) in [4.78, 5) is 24.6. The first-order valence-electron chi connectivity index (χ1n) is 5.92. The standard InChI is InChI=1S/C13H15NO6/c1-18-10-4-8(6-15)3-9-13(10)20-7-11(16)14(9)5-12(17)19-2/h3-4,15H,5-7H2,1-2H3. The summed E-state index contributed by atoms with van der Waals surface area (Å²) in [7, 11) is 2.71. The molecule has 0 saturated heterocycles. The van der Waals surface area contributed by atoms with E-state index in [2.05, 4.69) is 4.74 Å². The van der Waals surface area contributed by atoms with Crippen LogP contribution in [-0.2, 0) is 20.9 Å². The summed E-state index contributed by atoms with van der Waals surface area (Å²) in [6, 6.07) is 3.20. The maximum absolute atomic E-state index is 11.9. The van der Waals surface area contributed by atoms with Gasteiger partial charge in [0.2, 0.25) is 0 Å². The first-order chi connectivity index (χ1) is 9.60. The van der Waals surface area contributed by atoms with Crippen LogP contribution < -0.4 is 14.4 Å². The van der Waals surface area contributed by atoms with Crippen LogP contribution in [0.3, 0.4) is 0 Å². The van der Waals surface area contributed by atoms with Crippen LogP contribution in [-0.4, -0.2) is 44.4 Å². The molecule has 7 nitrogen and oxygen atoms in total. The summed E-state index contributed by atoms with van der Waals surface area (Å²) in [6.45, 7) is -0.619. The summed E-state index contributed by atoms with van der Waals surface area (Å²) in [5, 5.41) is 9.25. The van der Waals surface area contributed by atoms with E-state index < -0.39 is 5.97 Å². The Balaban J connectivity index is 2.47. The Labute approximate surface area is 115 Å². The zero-order chi connectivity index (χ0) is 14.7. The van der Waals surface area contributed by atoms with Gasteiger partial charge in [0.05, 0.1) is 26.5 Å². The second-order valence-corrected chi connectivity index (χ2v) is 4.15. The number of hydrogen-bond acceptors (Lipinski definition) is 6. The highest BCUT2D eigenvalue weighted by atomic mass is 16.5. The summed E-state index contributed by atoms with van der Waals surface area (Å²) in [5.41, 5.74) is 0.934. The molecule has 0 bridgehead atoms. The summed E-state index contributed by atoms with van der Waals surface area (Å²) < 4.78 is 15.1. The smallest absolute Gasteiger partial charge is 0.325 e. The van der Waals surface area contributed by atoms with Crippen molar-refractivity contribution in [3.63, 3.8) is 0 Å². The van der Waals surface area contributed by atoms with E-state index in [1.807, 2.05) is 0 Å². The molecule has 1 aliphatic heterocycles. The molecule has 108 valence electrons. The van der Waals surface area contributed by atoms with Crippen LogP contribution in [0.1, 0.15) is 5.56 Å². The third kappa shape index (κ3) is 2.53. The number of ether oxygens (including phenoxy) is 3. The van der Waals surface area contributed by atoms with Crippen LogP contribution >= 0.6 is 0 Å². The van der Waals surface area contributed by atoms with Gasteiger partial charge in [-0.25, -0.2) is 0 Å². The van der Waals surface area contributed by atoms with Crippen molar-refractivity contribution in [3.05, 3.63) is 17.7 Å². The SMILES string of the molecule is COC(=O)CN1C(=O)COc2c(OC)cc(CO)cc21. The lowest BCUT2D eigenvalue weighted by Gasteiger charge is -2.29. The Morgan fingerprint density at radius 1 is 1.45 bits per heavy atom. The molecular formula is C13H15NO6. The minimum absolute atomic E-state index is 0.182. The van der Waals surface area contributed by atoms with Gasteiger partial charge in [-0.3, -0.25) is 14.5 Å². The molecule has 1 heterocycles. The van der Waals surface area contributed by atoms with Gasteiger partial charge >= 0.3 is 5.97 Å². The van der Waals surface area contributed by atoms with Gasteiger partial charge in [0.15, 0.2) is 18.1 Å². The zero-order valence-electron chi connectivity index (χ0n) is 11.2. The molecule has 0 radical (unpaired) electrons. The number of nitrogens with zero attached hydrogens (tertiary/aromatic N) is 1. The number of methoxy groups -OCH3 is 2. The largest absolute Gasteiger partial charge is 0.493 e. The molecule has 1 aromatic carbocycles. The monoisotopic (exact) mass is 281 g/mol. The lowest BCUT2D eigenvalue weighted by atomic mass is 10.1. The van der Waals surface area contributed by atoms with Crippen LogP contribution in [0, 0.1) is 0 Å². The molecule has 7 heteroatoms. The summed E-state index contributed by atoms with van der Waals surface area (Å²) in [6.07, 6.45) is 0. The fourth-order valence-corrected chi connectivity index (χ4v) is 1.94. The second kappa shape index (κ2) is 5.79. The number of aliphatic hydroxyl groups is 1. The first-order valence-corrected chi connectivity index (χ1v) is 5.92. The zero-order valence-corrected chi connectivity index (χ0v) is 11.2. The number of fused-ring (bicyclic) bond motifs is 1. The van der Waals surface area contributed by atoms with Gasteiger partial charge in [-0.1, -0.05) is 0 Å². The van der Waals surface area contributed by atoms with E-state index in [0.29, 0.717) is 22.7 Å². The fourth-order valence-electron chi connectivity index (χ4n) is 1.94. The van der Waals surface area contributed by atoms with Crippen molar-refractivity contribution in [2.45, 2.75) is 6.61 Å². The van der Waals surface area contributed by atoms with Gasteiger partial charge in [0.25, 0.3) is 5.91 Å². The molecule has 0 aliphatic carbocycles. The highest BCUT2D eigenvalue weighted by Crippen LogP contribution is 2.41. The number of amides is 1. The molecule has 20 heavy (non-hydrogen) atoms. The molecule has 0 spiro atoms. The topological polar surface area (TPSA) is 85.3 Å². The van der Waals surface area contributed by atoms with Crippen LogP contribution in [0.2, 0.25) is 0 Å². The number of esters is 1. The van der Waals surface area contributed by atoms with E-state index in [4.69, 9.17) is 9.47 Å². The molecule has 1 amide bonds. The average Bonchev–Trinajstić information content (AvgIpc) is 2.48. The third-order valence-corrected chi connectivity index (χ3v) is 2.94. The van der Waals surface area contributed by atoms with Gasteiger partial charge in [0, 0.05) is 0 Å². The van der Waals surface area contributed by atoms with E-state index in [1.54, 1.807) is 12.1 Å².